The van der Waals surface area contributed by atoms with Gasteiger partial charge in [0.25, 0.3) is 0 Å². The van der Waals surface area contributed by atoms with Gasteiger partial charge in [0.15, 0.2) is 0 Å². The standard InChI is InChI=1S/C20H20N2O2S/c23-15(12-21-13-16-6-5-11-24-16)14-22-17-7-1-3-9-19(17)25-20-10-4-2-8-18(20)22/h1-11,15,21,23H,12-14H2/t15-/m1/s1. The van der Waals surface area contributed by atoms with Crippen LogP contribution in [-0.4, -0.2) is 24.3 Å². The number of aliphatic hydroxyl groups is 1. The molecule has 0 fully saturated rings. The second-order valence-corrected chi connectivity index (χ2v) is 7.10. The first-order valence-electron chi connectivity index (χ1n) is 8.36. The number of furan rings is 1. The zero-order chi connectivity index (χ0) is 17.1. The molecule has 0 aliphatic carbocycles. The molecule has 0 unspecified atom stereocenters. The summed E-state index contributed by atoms with van der Waals surface area (Å²) in [6, 6.07) is 20.5. The van der Waals surface area contributed by atoms with Gasteiger partial charge in [-0.15, -0.1) is 0 Å². The lowest BCUT2D eigenvalue weighted by Crippen LogP contribution is -2.37. The van der Waals surface area contributed by atoms with Gasteiger partial charge in [-0.1, -0.05) is 36.0 Å². The molecule has 25 heavy (non-hydrogen) atoms. The third-order valence-corrected chi connectivity index (χ3v) is 5.31. The number of anilines is 2. The molecule has 3 aromatic rings. The van der Waals surface area contributed by atoms with Crippen LogP contribution in [0.15, 0.2) is 81.1 Å². The van der Waals surface area contributed by atoms with Gasteiger partial charge in [0.2, 0.25) is 0 Å². The van der Waals surface area contributed by atoms with Crippen molar-refractivity contribution in [3.8, 4) is 0 Å². The van der Waals surface area contributed by atoms with Gasteiger partial charge in [0.05, 0.1) is 36.8 Å². The Morgan fingerprint density at radius 3 is 2.28 bits per heavy atom. The van der Waals surface area contributed by atoms with Gasteiger partial charge in [-0.05, 0) is 36.4 Å². The Kier molecular flexibility index (Phi) is 4.78. The normalized spacial score (nSPS) is 14.0. The van der Waals surface area contributed by atoms with Gasteiger partial charge in [-0.3, -0.25) is 0 Å². The van der Waals surface area contributed by atoms with Crippen molar-refractivity contribution in [3.05, 3.63) is 72.7 Å². The number of nitrogens with one attached hydrogen (secondary N) is 1. The number of hydrogen-bond acceptors (Lipinski definition) is 5. The van der Waals surface area contributed by atoms with E-state index in [1.165, 1.54) is 9.79 Å². The molecular formula is C20H20N2O2S. The molecule has 2 aromatic carbocycles. The number of β-amino-alcohol motifs (C(OH)–C–C–N with tert-alkyl or cyclic N) is 1. The summed E-state index contributed by atoms with van der Waals surface area (Å²) in [6.45, 7) is 1.67. The fourth-order valence-electron chi connectivity index (χ4n) is 3.03. The van der Waals surface area contributed by atoms with Crippen molar-refractivity contribution in [2.24, 2.45) is 0 Å². The van der Waals surface area contributed by atoms with Crippen LogP contribution in [0.4, 0.5) is 11.4 Å². The molecule has 128 valence electrons. The first-order chi connectivity index (χ1) is 12.3. The Bertz CT molecular complexity index is 790. The average Bonchev–Trinajstić information content (AvgIpc) is 3.15. The van der Waals surface area contributed by atoms with Gasteiger partial charge in [-0.2, -0.15) is 0 Å². The van der Waals surface area contributed by atoms with Crippen LogP contribution in [0.5, 0.6) is 0 Å². The topological polar surface area (TPSA) is 48.6 Å². The summed E-state index contributed by atoms with van der Waals surface area (Å²) in [5.74, 6) is 0.872. The molecule has 1 aromatic heterocycles. The molecule has 0 saturated heterocycles. The van der Waals surface area contributed by atoms with Crippen molar-refractivity contribution in [1.29, 1.82) is 0 Å². The minimum Gasteiger partial charge on any atom is -0.468 e. The third kappa shape index (κ3) is 3.58. The zero-order valence-electron chi connectivity index (χ0n) is 13.8. The molecule has 2 N–H and O–H groups in total. The van der Waals surface area contributed by atoms with E-state index in [9.17, 15) is 5.11 Å². The number of rotatable bonds is 6. The number of nitrogens with zero attached hydrogens (tertiary/aromatic N) is 1. The van der Waals surface area contributed by atoms with Gasteiger partial charge >= 0.3 is 0 Å². The van der Waals surface area contributed by atoms with Crippen LogP contribution in [-0.2, 0) is 6.54 Å². The Morgan fingerprint density at radius 2 is 1.64 bits per heavy atom. The molecule has 0 saturated carbocycles. The van der Waals surface area contributed by atoms with Crippen molar-refractivity contribution in [2.75, 3.05) is 18.0 Å². The first kappa shape index (κ1) is 16.3. The summed E-state index contributed by atoms with van der Waals surface area (Å²) in [5.41, 5.74) is 2.30. The van der Waals surface area contributed by atoms with Crippen LogP contribution < -0.4 is 10.2 Å². The van der Waals surface area contributed by atoms with Crippen LogP contribution >= 0.6 is 11.8 Å². The van der Waals surface area contributed by atoms with E-state index < -0.39 is 6.10 Å². The summed E-state index contributed by atoms with van der Waals surface area (Å²) in [7, 11) is 0. The SMILES string of the molecule is O[C@H](CNCc1ccco1)CN1c2ccccc2Sc2ccccc21. The maximum Gasteiger partial charge on any atom is 0.117 e. The zero-order valence-corrected chi connectivity index (χ0v) is 14.6. The van der Waals surface area contributed by atoms with Crippen LogP contribution in [0.25, 0.3) is 0 Å². The van der Waals surface area contributed by atoms with E-state index in [1.54, 1.807) is 18.0 Å². The lowest BCUT2D eigenvalue weighted by atomic mass is 10.2. The predicted octanol–water partition coefficient (Wildman–Crippen LogP) is 4.03. The van der Waals surface area contributed by atoms with E-state index in [0.717, 1.165) is 17.1 Å². The summed E-state index contributed by atoms with van der Waals surface area (Å²) < 4.78 is 5.30. The maximum atomic E-state index is 10.5. The third-order valence-electron chi connectivity index (χ3n) is 4.18. The van der Waals surface area contributed by atoms with Gasteiger partial charge in [0, 0.05) is 16.3 Å². The first-order valence-corrected chi connectivity index (χ1v) is 9.17. The van der Waals surface area contributed by atoms with Crippen LogP contribution in [0, 0.1) is 0 Å². The number of benzene rings is 2. The molecule has 1 atom stereocenters. The van der Waals surface area contributed by atoms with E-state index in [4.69, 9.17) is 4.42 Å². The number of fused-ring (bicyclic) bond motifs is 2. The molecule has 0 bridgehead atoms. The van der Waals surface area contributed by atoms with Gasteiger partial charge in [-0.25, -0.2) is 0 Å². The second-order valence-electron chi connectivity index (χ2n) is 6.01. The van der Waals surface area contributed by atoms with Crippen molar-refractivity contribution < 1.29 is 9.52 Å². The number of aliphatic hydroxyl groups excluding tert-OH is 1. The monoisotopic (exact) mass is 352 g/mol. The average molecular weight is 352 g/mol. The number of para-hydroxylation sites is 2. The van der Waals surface area contributed by atoms with Crippen LogP contribution in [0.1, 0.15) is 5.76 Å². The Hall–Kier alpha value is -2.21. The van der Waals surface area contributed by atoms with E-state index in [2.05, 4.69) is 46.6 Å². The summed E-state index contributed by atoms with van der Waals surface area (Å²) in [5, 5.41) is 13.8. The minimum atomic E-state index is -0.487. The predicted molar refractivity (Wildman–Crippen MR) is 100 cm³/mol. The lowest BCUT2D eigenvalue weighted by molar-refractivity contribution is 0.178. The van der Waals surface area contributed by atoms with Crippen molar-refractivity contribution in [3.63, 3.8) is 0 Å². The molecule has 0 spiro atoms. The van der Waals surface area contributed by atoms with Crippen molar-refractivity contribution >= 4 is 23.1 Å². The van der Waals surface area contributed by atoms with E-state index >= 15 is 0 Å². The molecule has 1 aliphatic rings. The lowest BCUT2D eigenvalue weighted by Gasteiger charge is -2.34. The number of hydrogen-bond donors (Lipinski definition) is 2. The highest BCUT2D eigenvalue weighted by Crippen LogP contribution is 2.47. The Morgan fingerprint density at radius 1 is 0.960 bits per heavy atom. The summed E-state index contributed by atoms with van der Waals surface area (Å²) in [4.78, 5) is 4.65. The fraction of sp³-hybridized carbons (Fsp3) is 0.200. The maximum absolute atomic E-state index is 10.5. The molecule has 2 heterocycles. The highest BCUT2D eigenvalue weighted by molar-refractivity contribution is 7.99. The molecule has 5 heteroatoms. The quantitative estimate of drug-likeness (QED) is 0.701. The van der Waals surface area contributed by atoms with E-state index in [0.29, 0.717) is 19.6 Å². The molecule has 4 rings (SSSR count). The minimum absolute atomic E-state index is 0.487. The van der Waals surface area contributed by atoms with Crippen molar-refractivity contribution in [2.45, 2.75) is 22.4 Å². The Labute approximate surface area is 151 Å². The molecular weight excluding hydrogens is 332 g/mol. The largest absolute Gasteiger partial charge is 0.468 e. The smallest absolute Gasteiger partial charge is 0.117 e. The molecule has 0 radical (unpaired) electrons. The van der Waals surface area contributed by atoms with E-state index in [-0.39, 0.29) is 0 Å². The molecule has 4 nitrogen and oxygen atoms in total. The molecule has 0 amide bonds. The fourth-order valence-corrected chi connectivity index (χ4v) is 4.12. The van der Waals surface area contributed by atoms with Gasteiger partial charge in [0.1, 0.15) is 5.76 Å². The second kappa shape index (κ2) is 7.35. The molecule has 1 aliphatic heterocycles. The van der Waals surface area contributed by atoms with E-state index in [1.807, 2.05) is 24.3 Å². The van der Waals surface area contributed by atoms with Crippen LogP contribution in [0.3, 0.4) is 0 Å². The highest BCUT2D eigenvalue weighted by Gasteiger charge is 2.24. The van der Waals surface area contributed by atoms with Crippen LogP contribution in [0.2, 0.25) is 0 Å². The van der Waals surface area contributed by atoms with Crippen molar-refractivity contribution in [1.82, 2.24) is 5.32 Å². The van der Waals surface area contributed by atoms with Gasteiger partial charge < -0.3 is 19.7 Å². The summed E-state index contributed by atoms with van der Waals surface area (Å²) >= 11 is 1.78. The Balaban J connectivity index is 1.47. The summed E-state index contributed by atoms with van der Waals surface area (Å²) in [6.07, 6.45) is 1.17. The highest BCUT2D eigenvalue weighted by atomic mass is 32.2.